The molecular formula is C14H16N2O4. The SMILES string of the molecule is COc1ccnc(Cn2ccc(C)c2C(=O)O)c1OC. The van der Waals surface area contributed by atoms with Crippen molar-refractivity contribution in [1.82, 2.24) is 9.55 Å². The molecule has 6 nitrogen and oxygen atoms in total. The number of aromatic nitrogens is 2. The van der Waals surface area contributed by atoms with Gasteiger partial charge in [-0.15, -0.1) is 0 Å². The van der Waals surface area contributed by atoms with E-state index in [4.69, 9.17) is 9.47 Å². The number of ether oxygens (including phenoxy) is 2. The highest BCUT2D eigenvalue weighted by molar-refractivity contribution is 5.87. The van der Waals surface area contributed by atoms with Crippen LogP contribution in [-0.2, 0) is 6.54 Å². The topological polar surface area (TPSA) is 73.6 Å². The molecule has 0 aliphatic rings. The van der Waals surface area contributed by atoms with Crippen LogP contribution in [0.5, 0.6) is 11.5 Å². The molecule has 106 valence electrons. The van der Waals surface area contributed by atoms with Gasteiger partial charge in [-0.2, -0.15) is 0 Å². The zero-order valence-corrected chi connectivity index (χ0v) is 11.6. The van der Waals surface area contributed by atoms with E-state index in [1.807, 2.05) is 0 Å². The molecule has 0 atom stereocenters. The fraction of sp³-hybridized carbons (Fsp3) is 0.286. The second kappa shape index (κ2) is 5.64. The number of carbonyl (C=O) groups is 1. The second-order valence-corrected chi connectivity index (χ2v) is 4.27. The fourth-order valence-electron chi connectivity index (χ4n) is 2.13. The van der Waals surface area contributed by atoms with Crippen LogP contribution in [0.15, 0.2) is 24.5 Å². The Morgan fingerprint density at radius 2 is 2.10 bits per heavy atom. The molecule has 0 radical (unpaired) electrons. The minimum absolute atomic E-state index is 0.247. The molecule has 0 aliphatic carbocycles. The van der Waals surface area contributed by atoms with Gasteiger partial charge in [-0.3, -0.25) is 4.98 Å². The Morgan fingerprint density at radius 3 is 2.70 bits per heavy atom. The second-order valence-electron chi connectivity index (χ2n) is 4.27. The van der Waals surface area contributed by atoms with Crippen LogP contribution in [0.2, 0.25) is 0 Å². The summed E-state index contributed by atoms with van der Waals surface area (Å²) < 4.78 is 12.1. The Hall–Kier alpha value is -2.50. The van der Waals surface area contributed by atoms with Crippen molar-refractivity contribution in [1.29, 1.82) is 0 Å². The average molecular weight is 276 g/mol. The predicted octanol–water partition coefficient (Wildman–Crippen LogP) is 1.96. The third-order valence-electron chi connectivity index (χ3n) is 3.05. The van der Waals surface area contributed by atoms with Crippen molar-refractivity contribution in [2.24, 2.45) is 0 Å². The Labute approximate surface area is 116 Å². The van der Waals surface area contributed by atoms with Crippen LogP contribution in [0.4, 0.5) is 0 Å². The molecule has 2 aromatic rings. The normalized spacial score (nSPS) is 10.3. The van der Waals surface area contributed by atoms with Crippen molar-refractivity contribution in [2.45, 2.75) is 13.5 Å². The lowest BCUT2D eigenvalue weighted by atomic mass is 10.2. The van der Waals surface area contributed by atoms with Gasteiger partial charge in [0.1, 0.15) is 11.4 Å². The molecule has 0 aromatic carbocycles. The van der Waals surface area contributed by atoms with Crippen molar-refractivity contribution >= 4 is 5.97 Å². The summed E-state index contributed by atoms with van der Waals surface area (Å²) in [5, 5.41) is 9.24. The summed E-state index contributed by atoms with van der Waals surface area (Å²) in [4.78, 5) is 15.5. The van der Waals surface area contributed by atoms with E-state index in [-0.39, 0.29) is 5.69 Å². The molecule has 0 saturated heterocycles. The Balaban J connectivity index is 2.43. The first-order valence-corrected chi connectivity index (χ1v) is 6.03. The number of rotatable bonds is 5. The van der Waals surface area contributed by atoms with E-state index in [0.717, 1.165) is 0 Å². The third kappa shape index (κ3) is 2.45. The highest BCUT2D eigenvalue weighted by Crippen LogP contribution is 2.29. The zero-order valence-electron chi connectivity index (χ0n) is 11.6. The van der Waals surface area contributed by atoms with E-state index in [1.165, 1.54) is 7.11 Å². The van der Waals surface area contributed by atoms with E-state index in [1.54, 1.807) is 43.1 Å². The first-order valence-electron chi connectivity index (χ1n) is 6.03. The van der Waals surface area contributed by atoms with Crippen LogP contribution in [0.3, 0.4) is 0 Å². The van der Waals surface area contributed by atoms with E-state index >= 15 is 0 Å². The number of carboxylic acids is 1. The van der Waals surface area contributed by atoms with Crippen molar-refractivity contribution in [3.8, 4) is 11.5 Å². The summed E-state index contributed by atoms with van der Waals surface area (Å²) in [5.41, 5.74) is 1.57. The lowest BCUT2D eigenvalue weighted by Crippen LogP contribution is -2.11. The first kappa shape index (κ1) is 13.9. The van der Waals surface area contributed by atoms with Crippen molar-refractivity contribution in [3.63, 3.8) is 0 Å². The lowest BCUT2D eigenvalue weighted by molar-refractivity contribution is 0.0685. The molecule has 2 rings (SSSR count). The van der Waals surface area contributed by atoms with E-state index in [2.05, 4.69) is 4.98 Å². The summed E-state index contributed by atoms with van der Waals surface area (Å²) >= 11 is 0. The van der Waals surface area contributed by atoms with Crippen LogP contribution in [0, 0.1) is 6.92 Å². The molecule has 1 N–H and O–H groups in total. The summed E-state index contributed by atoms with van der Waals surface area (Å²) in [5.74, 6) is 0.116. The third-order valence-corrected chi connectivity index (χ3v) is 3.05. The summed E-state index contributed by atoms with van der Waals surface area (Å²) in [6.45, 7) is 2.06. The predicted molar refractivity (Wildman–Crippen MR) is 72.6 cm³/mol. The summed E-state index contributed by atoms with van der Waals surface area (Å²) in [6, 6.07) is 3.46. The van der Waals surface area contributed by atoms with Gasteiger partial charge in [0.2, 0.25) is 0 Å². The molecule has 0 fully saturated rings. The number of aromatic carboxylic acids is 1. The highest BCUT2D eigenvalue weighted by Gasteiger charge is 2.17. The molecular weight excluding hydrogens is 260 g/mol. The van der Waals surface area contributed by atoms with Gasteiger partial charge in [0.15, 0.2) is 11.5 Å². The van der Waals surface area contributed by atoms with Gasteiger partial charge >= 0.3 is 5.97 Å². The molecule has 2 heterocycles. The van der Waals surface area contributed by atoms with Crippen molar-refractivity contribution in [3.05, 3.63) is 41.5 Å². The lowest BCUT2D eigenvalue weighted by Gasteiger charge is -2.13. The van der Waals surface area contributed by atoms with Crippen LogP contribution in [-0.4, -0.2) is 34.8 Å². The Kier molecular flexibility index (Phi) is 3.93. The molecule has 0 bridgehead atoms. The fourth-order valence-corrected chi connectivity index (χ4v) is 2.13. The number of methoxy groups -OCH3 is 2. The largest absolute Gasteiger partial charge is 0.493 e. The number of nitrogens with zero attached hydrogens (tertiary/aromatic N) is 2. The molecule has 0 unspecified atom stereocenters. The molecule has 0 spiro atoms. The van der Waals surface area contributed by atoms with Gasteiger partial charge in [-0.25, -0.2) is 4.79 Å². The van der Waals surface area contributed by atoms with Gasteiger partial charge in [0.05, 0.1) is 20.8 Å². The highest BCUT2D eigenvalue weighted by atomic mass is 16.5. The van der Waals surface area contributed by atoms with Crippen LogP contribution in [0.25, 0.3) is 0 Å². The number of carboxylic acid groups (broad SMARTS) is 1. The zero-order chi connectivity index (χ0) is 14.7. The van der Waals surface area contributed by atoms with Crippen LogP contribution >= 0.6 is 0 Å². The van der Waals surface area contributed by atoms with Crippen molar-refractivity contribution in [2.75, 3.05) is 14.2 Å². The average Bonchev–Trinajstić information content (AvgIpc) is 2.79. The van der Waals surface area contributed by atoms with Gasteiger partial charge in [-0.05, 0) is 18.6 Å². The Bertz CT molecular complexity index is 634. The maximum absolute atomic E-state index is 11.3. The van der Waals surface area contributed by atoms with E-state index < -0.39 is 5.97 Å². The monoisotopic (exact) mass is 276 g/mol. The molecule has 0 saturated carbocycles. The van der Waals surface area contributed by atoms with Gasteiger partial charge in [-0.1, -0.05) is 0 Å². The molecule has 2 aromatic heterocycles. The summed E-state index contributed by atoms with van der Waals surface area (Å²) in [7, 11) is 3.08. The number of aryl methyl sites for hydroxylation is 1. The van der Waals surface area contributed by atoms with E-state index in [0.29, 0.717) is 29.3 Å². The summed E-state index contributed by atoms with van der Waals surface area (Å²) in [6.07, 6.45) is 3.33. The number of hydrogen-bond donors (Lipinski definition) is 1. The maximum Gasteiger partial charge on any atom is 0.352 e. The van der Waals surface area contributed by atoms with Gasteiger partial charge in [0, 0.05) is 18.5 Å². The molecule has 6 heteroatoms. The van der Waals surface area contributed by atoms with Gasteiger partial charge in [0.25, 0.3) is 0 Å². The van der Waals surface area contributed by atoms with Crippen molar-refractivity contribution < 1.29 is 19.4 Å². The van der Waals surface area contributed by atoms with Gasteiger partial charge < -0.3 is 19.1 Å². The quantitative estimate of drug-likeness (QED) is 0.903. The smallest absolute Gasteiger partial charge is 0.352 e. The minimum atomic E-state index is -0.964. The standard InChI is InChI=1S/C14H16N2O4/c1-9-5-7-16(12(9)14(17)18)8-10-13(20-3)11(19-2)4-6-15-10/h4-7H,8H2,1-3H3,(H,17,18). The molecule has 20 heavy (non-hydrogen) atoms. The van der Waals surface area contributed by atoms with E-state index in [9.17, 15) is 9.90 Å². The first-order chi connectivity index (χ1) is 9.58. The number of hydrogen-bond acceptors (Lipinski definition) is 4. The molecule has 0 aliphatic heterocycles. The minimum Gasteiger partial charge on any atom is -0.493 e. The van der Waals surface area contributed by atoms with Crippen LogP contribution < -0.4 is 9.47 Å². The molecule has 0 amide bonds. The number of pyridine rings is 1. The maximum atomic E-state index is 11.3. The van der Waals surface area contributed by atoms with Crippen LogP contribution in [0.1, 0.15) is 21.7 Å². The Morgan fingerprint density at radius 1 is 1.35 bits per heavy atom.